The SMILES string of the molecule is COc1cc(O)c(CSCC(NC(C)=O)c2nc(C)no2)c(C#N)c1C. The molecule has 0 aliphatic carbocycles. The van der Waals surface area contributed by atoms with Crippen LogP contribution in [0.3, 0.4) is 0 Å². The van der Waals surface area contributed by atoms with Gasteiger partial charge in [-0.15, -0.1) is 0 Å². The van der Waals surface area contributed by atoms with Crippen LogP contribution in [0.2, 0.25) is 0 Å². The standard InChI is InChI=1S/C17H20N4O4S/c1-9-12(6-18)13(15(23)5-16(9)24-4)7-26-8-14(20-11(3)22)17-19-10(2)21-25-17/h5,14,23H,7-8H2,1-4H3,(H,20,22). The van der Waals surface area contributed by atoms with Crippen molar-refractivity contribution in [1.29, 1.82) is 5.26 Å². The molecule has 9 heteroatoms. The number of hydrogen-bond donors (Lipinski definition) is 2. The Morgan fingerprint density at radius 1 is 1.54 bits per heavy atom. The minimum absolute atomic E-state index is 0.00112. The molecule has 1 amide bonds. The Morgan fingerprint density at radius 2 is 2.27 bits per heavy atom. The zero-order valence-electron chi connectivity index (χ0n) is 15.0. The second kappa shape index (κ2) is 8.58. The number of carbonyl (C=O) groups is 1. The molecule has 2 N–H and O–H groups in total. The molecule has 1 aromatic heterocycles. The number of aromatic nitrogens is 2. The van der Waals surface area contributed by atoms with Crippen molar-refractivity contribution in [2.24, 2.45) is 0 Å². The number of phenols is 1. The van der Waals surface area contributed by atoms with Crippen LogP contribution >= 0.6 is 11.8 Å². The monoisotopic (exact) mass is 376 g/mol. The van der Waals surface area contributed by atoms with Crippen molar-refractivity contribution in [2.75, 3.05) is 12.9 Å². The number of carbonyl (C=O) groups excluding carboxylic acids is 1. The number of nitrogens with zero attached hydrogens (tertiary/aromatic N) is 3. The van der Waals surface area contributed by atoms with Gasteiger partial charge in [-0.1, -0.05) is 5.16 Å². The lowest BCUT2D eigenvalue weighted by Crippen LogP contribution is -2.28. The Balaban J connectivity index is 2.16. The number of aryl methyl sites for hydroxylation is 1. The summed E-state index contributed by atoms with van der Waals surface area (Å²) in [5.41, 5.74) is 1.59. The van der Waals surface area contributed by atoms with Gasteiger partial charge in [-0.25, -0.2) is 0 Å². The molecule has 1 unspecified atom stereocenters. The van der Waals surface area contributed by atoms with Crippen molar-refractivity contribution in [3.63, 3.8) is 0 Å². The van der Waals surface area contributed by atoms with Crippen LogP contribution in [0.15, 0.2) is 10.6 Å². The molecule has 0 aliphatic heterocycles. The zero-order chi connectivity index (χ0) is 19.3. The molecule has 1 aromatic carbocycles. The van der Waals surface area contributed by atoms with Crippen LogP contribution in [0.5, 0.6) is 11.5 Å². The number of amides is 1. The largest absolute Gasteiger partial charge is 0.507 e. The minimum Gasteiger partial charge on any atom is -0.507 e. The molecule has 0 saturated carbocycles. The number of aromatic hydroxyl groups is 1. The Labute approximate surface area is 155 Å². The normalized spacial score (nSPS) is 11.7. The first kappa shape index (κ1) is 19.6. The summed E-state index contributed by atoms with van der Waals surface area (Å²) in [6.07, 6.45) is 0. The zero-order valence-corrected chi connectivity index (χ0v) is 15.8. The maximum absolute atomic E-state index is 11.4. The van der Waals surface area contributed by atoms with Crippen molar-refractivity contribution in [3.05, 3.63) is 34.5 Å². The van der Waals surface area contributed by atoms with E-state index in [-0.39, 0.29) is 11.7 Å². The van der Waals surface area contributed by atoms with Gasteiger partial charge < -0.3 is 19.7 Å². The first-order valence-corrected chi connectivity index (χ1v) is 8.97. The molecule has 0 aliphatic rings. The molecule has 26 heavy (non-hydrogen) atoms. The van der Waals surface area contributed by atoms with E-state index < -0.39 is 6.04 Å². The fraction of sp³-hybridized carbons (Fsp3) is 0.412. The van der Waals surface area contributed by atoms with Gasteiger partial charge in [0, 0.05) is 35.6 Å². The van der Waals surface area contributed by atoms with Gasteiger partial charge >= 0.3 is 0 Å². The predicted molar refractivity (Wildman–Crippen MR) is 95.9 cm³/mol. The number of benzene rings is 1. The molecule has 8 nitrogen and oxygen atoms in total. The average Bonchev–Trinajstić information content (AvgIpc) is 3.02. The number of nitriles is 1. The quantitative estimate of drug-likeness (QED) is 0.755. The molecule has 2 rings (SSSR count). The van der Waals surface area contributed by atoms with Gasteiger partial charge in [0.1, 0.15) is 23.6 Å². The molecule has 1 atom stereocenters. The third kappa shape index (κ3) is 4.46. The highest BCUT2D eigenvalue weighted by Crippen LogP contribution is 2.35. The second-order valence-corrected chi connectivity index (χ2v) is 6.67. The molecule has 0 bridgehead atoms. The first-order chi connectivity index (χ1) is 12.4. The van der Waals surface area contributed by atoms with Gasteiger partial charge in [0.05, 0.1) is 12.7 Å². The van der Waals surface area contributed by atoms with Crippen molar-refractivity contribution in [1.82, 2.24) is 15.5 Å². The Bertz CT molecular complexity index is 844. The molecule has 2 aromatic rings. The predicted octanol–water partition coefficient (Wildman–Crippen LogP) is 2.38. The Kier molecular flexibility index (Phi) is 6.46. The lowest BCUT2D eigenvalue weighted by molar-refractivity contribution is -0.119. The van der Waals surface area contributed by atoms with Crippen LogP contribution in [0.1, 0.15) is 41.4 Å². The summed E-state index contributed by atoms with van der Waals surface area (Å²) in [6.45, 7) is 4.88. The fourth-order valence-corrected chi connectivity index (χ4v) is 3.54. The topological polar surface area (TPSA) is 121 Å². The maximum atomic E-state index is 11.4. The molecule has 0 radical (unpaired) electrons. The van der Waals surface area contributed by atoms with Crippen molar-refractivity contribution < 1.29 is 19.2 Å². The van der Waals surface area contributed by atoms with Crippen molar-refractivity contribution in [2.45, 2.75) is 32.6 Å². The van der Waals surface area contributed by atoms with Crippen molar-refractivity contribution >= 4 is 17.7 Å². The fourth-order valence-electron chi connectivity index (χ4n) is 2.46. The van der Waals surface area contributed by atoms with E-state index in [0.29, 0.717) is 45.7 Å². The van der Waals surface area contributed by atoms with E-state index in [4.69, 9.17) is 9.26 Å². The lowest BCUT2D eigenvalue weighted by Gasteiger charge is -2.15. The van der Waals surface area contributed by atoms with Gasteiger partial charge in [-0.3, -0.25) is 4.79 Å². The van der Waals surface area contributed by atoms with Gasteiger partial charge in [-0.05, 0) is 13.8 Å². The third-order valence-electron chi connectivity index (χ3n) is 3.70. The Hall–Kier alpha value is -2.73. The van der Waals surface area contributed by atoms with Crippen LogP contribution in [0.4, 0.5) is 0 Å². The van der Waals surface area contributed by atoms with Crippen LogP contribution in [-0.4, -0.2) is 34.0 Å². The number of rotatable bonds is 7. The lowest BCUT2D eigenvalue weighted by atomic mass is 10.0. The molecular formula is C17H20N4O4S. The van der Waals surface area contributed by atoms with Gasteiger partial charge in [0.25, 0.3) is 0 Å². The van der Waals surface area contributed by atoms with Crippen LogP contribution in [0, 0.1) is 25.2 Å². The second-order valence-electron chi connectivity index (χ2n) is 5.64. The maximum Gasteiger partial charge on any atom is 0.250 e. The van der Waals surface area contributed by atoms with Crippen LogP contribution in [-0.2, 0) is 10.5 Å². The highest BCUT2D eigenvalue weighted by atomic mass is 32.2. The van der Waals surface area contributed by atoms with E-state index >= 15 is 0 Å². The van der Waals surface area contributed by atoms with E-state index in [9.17, 15) is 15.2 Å². The van der Waals surface area contributed by atoms with E-state index in [1.165, 1.54) is 31.9 Å². The van der Waals surface area contributed by atoms with Gasteiger partial charge in [0.2, 0.25) is 11.8 Å². The molecule has 0 fully saturated rings. The highest BCUT2D eigenvalue weighted by molar-refractivity contribution is 7.98. The third-order valence-corrected chi connectivity index (χ3v) is 4.77. The summed E-state index contributed by atoms with van der Waals surface area (Å²) in [4.78, 5) is 15.6. The number of methoxy groups -OCH3 is 1. The first-order valence-electron chi connectivity index (χ1n) is 7.82. The van der Waals surface area contributed by atoms with E-state index in [1.807, 2.05) is 0 Å². The number of phenolic OH excluding ortho intramolecular Hbond substituents is 1. The Morgan fingerprint density at radius 3 is 2.81 bits per heavy atom. The summed E-state index contributed by atoms with van der Waals surface area (Å²) in [5, 5.41) is 26.2. The summed E-state index contributed by atoms with van der Waals surface area (Å²) in [7, 11) is 1.49. The summed E-state index contributed by atoms with van der Waals surface area (Å²) in [5.74, 6) is 1.87. The summed E-state index contributed by atoms with van der Waals surface area (Å²) < 4.78 is 10.3. The summed E-state index contributed by atoms with van der Waals surface area (Å²) >= 11 is 1.43. The summed E-state index contributed by atoms with van der Waals surface area (Å²) in [6, 6.07) is 3.17. The molecule has 1 heterocycles. The molecule has 0 saturated heterocycles. The van der Waals surface area contributed by atoms with Crippen LogP contribution < -0.4 is 10.1 Å². The molecule has 138 valence electrons. The number of nitrogens with one attached hydrogen (secondary N) is 1. The average molecular weight is 376 g/mol. The van der Waals surface area contributed by atoms with Gasteiger partial charge in [-0.2, -0.15) is 22.0 Å². The highest BCUT2D eigenvalue weighted by Gasteiger charge is 2.21. The van der Waals surface area contributed by atoms with Crippen molar-refractivity contribution in [3.8, 4) is 17.6 Å². The number of hydrogen-bond acceptors (Lipinski definition) is 8. The number of ether oxygens (including phenoxy) is 1. The number of thioether (sulfide) groups is 1. The van der Waals surface area contributed by atoms with Gasteiger partial charge in [0.15, 0.2) is 5.82 Å². The van der Waals surface area contributed by atoms with E-state index in [2.05, 4.69) is 21.5 Å². The van der Waals surface area contributed by atoms with Crippen LogP contribution in [0.25, 0.3) is 0 Å². The smallest absolute Gasteiger partial charge is 0.250 e. The minimum atomic E-state index is -0.453. The molecular weight excluding hydrogens is 356 g/mol. The van der Waals surface area contributed by atoms with E-state index in [1.54, 1.807) is 13.8 Å². The van der Waals surface area contributed by atoms with E-state index in [0.717, 1.165) is 0 Å². The molecule has 0 spiro atoms.